The van der Waals surface area contributed by atoms with Gasteiger partial charge in [0.15, 0.2) is 17.7 Å². The van der Waals surface area contributed by atoms with Crippen molar-refractivity contribution in [1.82, 2.24) is 36.2 Å². The number of carbonyl (C=O) groups excluding carboxylic acids is 2. The number of carbonyl (C=O) groups is 2. The number of tetrazole rings is 1. The fourth-order valence-corrected chi connectivity index (χ4v) is 6.58. The topological polar surface area (TPSA) is 180 Å². The number of oxazole rings is 1. The van der Waals surface area contributed by atoms with Gasteiger partial charge < -0.3 is 30.2 Å². The van der Waals surface area contributed by atoms with Crippen LogP contribution in [0, 0.1) is 5.92 Å². The van der Waals surface area contributed by atoms with Crippen LogP contribution in [-0.4, -0.2) is 60.4 Å². The molecule has 0 fully saturated rings. The van der Waals surface area contributed by atoms with Gasteiger partial charge >= 0.3 is 0 Å². The van der Waals surface area contributed by atoms with Crippen molar-refractivity contribution >= 4 is 17.5 Å². The van der Waals surface area contributed by atoms with Gasteiger partial charge in [0, 0.05) is 17.7 Å². The molecule has 0 radical (unpaired) electrons. The number of nitrogens with zero attached hydrogens (tertiary/aromatic N) is 4. The van der Waals surface area contributed by atoms with Crippen LogP contribution < -0.4 is 20.7 Å². The molecular weight excluding hydrogens is 564 g/mol. The Balaban J connectivity index is 1.47. The van der Waals surface area contributed by atoms with E-state index in [9.17, 15) is 14.7 Å². The molecule has 0 aliphatic carbocycles. The van der Waals surface area contributed by atoms with Gasteiger partial charge in [-0.15, -0.1) is 10.2 Å². The first-order chi connectivity index (χ1) is 21.2. The van der Waals surface area contributed by atoms with Crippen LogP contribution in [0.25, 0.3) is 11.5 Å². The maximum Gasteiger partial charge on any atom is 0.252 e. The molecule has 0 saturated carbocycles. The van der Waals surface area contributed by atoms with Gasteiger partial charge in [0.1, 0.15) is 28.8 Å². The normalized spacial score (nSPS) is 23.5. The average molecular weight is 599 g/mol. The number of benzene rings is 2. The number of amides is 2. The smallest absolute Gasteiger partial charge is 0.252 e. The number of H-pyrrole nitrogens is 1. The molecule has 2 amide bonds. The Hall–Kier alpha value is -4.78. The summed E-state index contributed by atoms with van der Waals surface area (Å²) in [6.45, 7) is 7.37. The van der Waals surface area contributed by atoms with Crippen LogP contribution in [0.15, 0.2) is 46.9 Å². The largest absolute Gasteiger partial charge is 0.469 e. The molecule has 4 atom stereocenters. The molecule has 2 aromatic heterocycles. The minimum Gasteiger partial charge on any atom is -0.469 e. The molecule has 5 N–H and O–H groups in total. The second kappa shape index (κ2) is 10.2. The minimum absolute atomic E-state index is 0.151. The van der Waals surface area contributed by atoms with E-state index in [4.69, 9.17) is 14.1 Å². The third-order valence-corrected chi connectivity index (χ3v) is 9.19. The standard InChI is InChI=1S/C31H34N8O5/c1-5-30(42,6-2)28(41)32-20-14-16-11-12-21-18(13-16)31(17-9-7-8-10-19(17)33-29(31)43-21)24-23(25-36-38-39-37-25)35-27(44-24)22(15(3)4)34-26(20)40/h7-13,15,20,22,29,33,42H,5-6,14H2,1-4H3,(H,32,41)(H,34,40)(H,36,37,38,39)/t20-,22-,29?,31?/m0/s1. The summed E-state index contributed by atoms with van der Waals surface area (Å²) in [7, 11) is 0. The van der Waals surface area contributed by atoms with E-state index in [-0.39, 0.29) is 36.9 Å². The lowest BCUT2D eigenvalue weighted by atomic mass is 9.72. The number of hydrogen-bond donors (Lipinski definition) is 5. The Bertz CT molecular complexity index is 1750. The predicted molar refractivity (Wildman–Crippen MR) is 157 cm³/mol. The van der Waals surface area contributed by atoms with E-state index >= 15 is 0 Å². The molecule has 3 aliphatic rings. The molecule has 44 heavy (non-hydrogen) atoms. The number of rotatable bonds is 6. The monoisotopic (exact) mass is 598 g/mol. The SMILES string of the molecule is CCC(O)(CC)C(=O)N[C@H]1Cc2ccc3c(c2)C2(c4ccccc4NC2O3)c2oc(nc2-c2nn[nH]n2)[C@H](C(C)C)NC1=O. The first kappa shape index (κ1) is 28.0. The number of aromatic amines is 1. The Morgan fingerprint density at radius 2 is 1.95 bits per heavy atom. The zero-order chi connectivity index (χ0) is 30.8. The Morgan fingerprint density at radius 1 is 1.16 bits per heavy atom. The van der Waals surface area contributed by atoms with Gasteiger partial charge in [-0.2, -0.15) is 5.21 Å². The molecule has 0 saturated heterocycles. The van der Waals surface area contributed by atoms with Gasteiger partial charge in [0.25, 0.3) is 5.91 Å². The van der Waals surface area contributed by atoms with Gasteiger partial charge in [0.05, 0.1) is 0 Å². The van der Waals surface area contributed by atoms with Gasteiger partial charge in [0.2, 0.25) is 17.6 Å². The number of anilines is 1. The number of ether oxygens (including phenoxy) is 1. The molecule has 228 valence electrons. The van der Waals surface area contributed by atoms with Crippen molar-refractivity contribution in [1.29, 1.82) is 0 Å². The summed E-state index contributed by atoms with van der Waals surface area (Å²) in [5.41, 5.74) is 1.20. The van der Waals surface area contributed by atoms with Crippen LogP contribution in [-0.2, 0) is 21.4 Å². The first-order valence-corrected chi connectivity index (χ1v) is 14.9. The summed E-state index contributed by atoms with van der Waals surface area (Å²) in [5, 5.41) is 35.2. The zero-order valence-electron chi connectivity index (χ0n) is 24.8. The van der Waals surface area contributed by atoms with E-state index < -0.39 is 41.1 Å². The van der Waals surface area contributed by atoms with Crippen molar-refractivity contribution in [3.05, 3.63) is 70.8 Å². The van der Waals surface area contributed by atoms with E-state index in [1.807, 2.05) is 56.3 Å². The number of para-hydroxylation sites is 1. The van der Waals surface area contributed by atoms with Crippen molar-refractivity contribution in [2.45, 2.75) is 76.3 Å². The highest BCUT2D eigenvalue weighted by Gasteiger charge is 2.61. The highest BCUT2D eigenvalue weighted by Crippen LogP contribution is 2.59. The van der Waals surface area contributed by atoms with Crippen LogP contribution >= 0.6 is 0 Å². The molecule has 4 bridgehead atoms. The lowest BCUT2D eigenvalue weighted by molar-refractivity contribution is -0.143. The summed E-state index contributed by atoms with van der Waals surface area (Å²) >= 11 is 0. The molecule has 13 heteroatoms. The van der Waals surface area contributed by atoms with E-state index in [0.29, 0.717) is 17.2 Å². The van der Waals surface area contributed by atoms with Crippen LogP contribution in [0.5, 0.6) is 5.75 Å². The molecule has 7 rings (SSSR count). The van der Waals surface area contributed by atoms with E-state index in [2.05, 4.69) is 36.6 Å². The van der Waals surface area contributed by atoms with Crippen LogP contribution in [0.4, 0.5) is 5.69 Å². The summed E-state index contributed by atoms with van der Waals surface area (Å²) in [4.78, 5) is 32.2. The quantitative estimate of drug-likeness (QED) is 0.221. The summed E-state index contributed by atoms with van der Waals surface area (Å²) in [6, 6.07) is 12.0. The molecule has 2 unspecified atom stereocenters. The van der Waals surface area contributed by atoms with E-state index in [0.717, 1.165) is 22.4 Å². The number of hydrogen-bond acceptors (Lipinski definition) is 10. The van der Waals surface area contributed by atoms with Crippen molar-refractivity contribution in [2.24, 2.45) is 5.92 Å². The number of nitrogens with one attached hydrogen (secondary N) is 4. The van der Waals surface area contributed by atoms with Crippen LogP contribution in [0.3, 0.4) is 0 Å². The molecule has 2 aromatic carbocycles. The molecule has 1 spiro atoms. The Kier molecular flexibility index (Phi) is 6.46. The summed E-state index contributed by atoms with van der Waals surface area (Å²) < 4.78 is 13.3. The first-order valence-electron chi connectivity index (χ1n) is 14.9. The third kappa shape index (κ3) is 4.02. The number of fused-ring (bicyclic) bond motifs is 4. The second-order valence-corrected chi connectivity index (χ2v) is 12.0. The van der Waals surface area contributed by atoms with E-state index in [1.165, 1.54) is 0 Å². The molecular formula is C31H34N8O5. The maximum atomic E-state index is 13.9. The van der Waals surface area contributed by atoms with Crippen LogP contribution in [0.1, 0.15) is 74.9 Å². The van der Waals surface area contributed by atoms with Gasteiger partial charge in [-0.3, -0.25) is 9.59 Å². The van der Waals surface area contributed by atoms with Crippen molar-refractivity contribution in [3.8, 4) is 17.3 Å². The maximum absolute atomic E-state index is 13.9. The lowest BCUT2D eigenvalue weighted by Crippen LogP contribution is -2.55. The number of aliphatic hydroxyl groups is 1. The molecule has 4 aromatic rings. The third-order valence-electron chi connectivity index (χ3n) is 9.19. The predicted octanol–water partition coefficient (Wildman–Crippen LogP) is 2.74. The fourth-order valence-electron chi connectivity index (χ4n) is 6.58. The Morgan fingerprint density at radius 3 is 2.68 bits per heavy atom. The minimum atomic E-state index is -1.60. The molecule has 13 nitrogen and oxygen atoms in total. The average Bonchev–Trinajstić information content (AvgIpc) is 3.80. The van der Waals surface area contributed by atoms with Crippen molar-refractivity contribution < 1.29 is 23.8 Å². The number of aromatic nitrogens is 5. The van der Waals surface area contributed by atoms with E-state index in [1.54, 1.807) is 13.8 Å². The van der Waals surface area contributed by atoms with Gasteiger partial charge in [-0.05, 0) is 47.2 Å². The van der Waals surface area contributed by atoms with Gasteiger partial charge in [-0.25, -0.2) is 4.98 Å². The zero-order valence-corrected chi connectivity index (χ0v) is 24.8. The molecule has 5 heterocycles. The van der Waals surface area contributed by atoms with Crippen molar-refractivity contribution in [3.63, 3.8) is 0 Å². The second-order valence-electron chi connectivity index (χ2n) is 12.0. The highest BCUT2D eigenvalue weighted by atomic mass is 16.5. The fraction of sp³-hybridized carbons (Fsp3) is 0.419. The highest BCUT2D eigenvalue weighted by molar-refractivity contribution is 5.91. The van der Waals surface area contributed by atoms with Gasteiger partial charge in [-0.1, -0.05) is 58.0 Å². The lowest BCUT2D eigenvalue weighted by Gasteiger charge is -2.30. The molecule has 3 aliphatic heterocycles. The van der Waals surface area contributed by atoms with Crippen molar-refractivity contribution in [2.75, 3.05) is 5.32 Å². The summed E-state index contributed by atoms with van der Waals surface area (Å²) in [6.07, 6.45) is 0.0242. The van der Waals surface area contributed by atoms with Crippen LogP contribution in [0.2, 0.25) is 0 Å². The Labute approximate surface area is 253 Å². The summed E-state index contributed by atoms with van der Waals surface area (Å²) in [5.74, 6) is 0.439.